The highest BCUT2D eigenvalue weighted by Gasteiger charge is 2.26. The van der Waals surface area contributed by atoms with E-state index in [9.17, 15) is 4.79 Å². The number of anilines is 1. The molecule has 1 aliphatic rings. The number of ether oxygens (including phenoxy) is 2. The molecule has 0 bridgehead atoms. The number of carbonyl (C=O) groups is 1. The largest absolute Gasteiger partial charge is 0.493 e. The average Bonchev–Trinajstić information content (AvgIpc) is 2.55. The van der Waals surface area contributed by atoms with Gasteiger partial charge in [0, 0.05) is 0 Å². The number of para-hydroxylation sites is 1. The summed E-state index contributed by atoms with van der Waals surface area (Å²) in [5.74, 6) is 1.25. The minimum Gasteiger partial charge on any atom is -0.493 e. The van der Waals surface area contributed by atoms with Crippen molar-refractivity contribution >= 4 is 11.6 Å². The molecule has 24 heavy (non-hydrogen) atoms. The van der Waals surface area contributed by atoms with Gasteiger partial charge in [0.1, 0.15) is 6.17 Å². The molecule has 1 heterocycles. The summed E-state index contributed by atoms with van der Waals surface area (Å²) in [5, 5.41) is 6.38. The van der Waals surface area contributed by atoms with Crippen LogP contribution in [0.2, 0.25) is 0 Å². The Morgan fingerprint density at radius 3 is 2.58 bits per heavy atom. The molecule has 0 saturated carbocycles. The summed E-state index contributed by atoms with van der Waals surface area (Å²) in [6, 6.07) is 11.4. The molecule has 0 aromatic heterocycles. The van der Waals surface area contributed by atoms with E-state index in [1.54, 1.807) is 7.11 Å². The van der Waals surface area contributed by atoms with Crippen molar-refractivity contribution in [3.8, 4) is 11.5 Å². The lowest BCUT2D eigenvalue weighted by Crippen LogP contribution is -2.38. The smallest absolute Gasteiger partial charge is 0.255 e. The van der Waals surface area contributed by atoms with Crippen LogP contribution < -0.4 is 20.1 Å². The van der Waals surface area contributed by atoms with Crippen LogP contribution in [-0.4, -0.2) is 19.1 Å². The number of rotatable bonds is 4. The Balaban J connectivity index is 1.93. The zero-order valence-corrected chi connectivity index (χ0v) is 14.3. The fourth-order valence-corrected chi connectivity index (χ4v) is 2.82. The summed E-state index contributed by atoms with van der Waals surface area (Å²) < 4.78 is 11.2. The molecule has 0 unspecified atom stereocenters. The van der Waals surface area contributed by atoms with Gasteiger partial charge >= 0.3 is 0 Å². The Morgan fingerprint density at radius 2 is 1.88 bits per heavy atom. The van der Waals surface area contributed by atoms with Crippen molar-refractivity contribution in [2.45, 2.75) is 33.0 Å². The maximum atomic E-state index is 12.4. The Kier molecular flexibility index (Phi) is 4.34. The molecule has 5 heteroatoms. The van der Waals surface area contributed by atoms with Crippen molar-refractivity contribution in [3.63, 3.8) is 0 Å². The van der Waals surface area contributed by atoms with Gasteiger partial charge in [-0.15, -0.1) is 0 Å². The van der Waals surface area contributed by atoms with E-state index in [0.29, 0.717) is 17.1 Å². The molecule has 126 valence electrons. The van der Waals surface area contributed by atoms with Crippen LogP contribution in [0.4, 0.5) is 5.69 Å². The molecule has 2 aromatic carbocycles. The Hall–Kier alpha value is -2.69. The number of hydrogen-bond donors (Lipinski definition) is 2. The molecule has 0 fully saturated rings. The van der Waals surface area contributed by atoms with Gasteiger partial charge < -0.3 is 20.1 Å². The molecular weight excluding hydrogens is 304 g/mol. The fraction of sp³-hybridized carbons (Fsp3) is 0.316. The molecule has 3 rings (SSSR count). The lowest BCUT2D eigenvalue weighted by molar-refractivity contribution is 0.0935. The number of aryl methyl sites for hydroxylation is 1. The average molecular weight is 326 g/mol. The van der Waals surface area contributed by atoms with Crippen LogP contribution in [0, 0.1) is 6.92 Å². The first-order valence-electron chi connectivity index (χ1n) is 8.01. The van der Waals surface area contributed by atoms with E-state index in [1.807, 2.05) is 57.2 Å². The lowest BCUT2D eigenvalue weighted by atomic mass is 10.0. The Bertz CT molecular complexity index is 771. The molecule has 0 spiro atoms. The van der Waals surface area contributed by atoms with E-state index in [4.69, 9.17) is 9.47 Å². The third-order valence-corrected chi connectivity index (χ3v) is 3.97. The third kappa shape index (κ3) is 3.02. The van der Waals surface area contributed by atoms with Gasteiger partial charge in [0.25, 0.3) is 5.91 Å². The van der Waals surface area contributed by atoms with E-state index >= 15 is 0 Å². The molecule has 1 aliphatic heterocycles. The van der Waals surface area contributed by atoms with Crippen molar-refractivity contribution in [2.75, 3.05) is 12.4 Å². The summed E-state index contributed by atoms with van der Waals surface area (Å²) in [5.41, 5.74) is 3.48. The second-order valence-electron chi connectivity index (χ2n) is 6.13. The molecule has 1 atom stereocenters. The predicted octanol–water partition coefficient (Wildman–Crippen LogP) is 3.64. The summed E-state index contributed by atoms with van der Waals surface area (Å²) in [6.45, 7) is 5.92. The molecule has 0 radical (unpaired) electrons. The van der Waals surface area contributed by atoms with Crippen molar-refractivity contribution in [2.24, 2.45) is 0 Å². The Labute approximate surface area is 142 Å². The maximum absolute atomic E-state index is 12.4. The van der Waals surface area contributed by atoms with Gasteiger partial charge in [-0.3, -0.25) is 4.79 Å². The number of amides is 1. The lowest BCUT2D eigenvalue weighted by Gasteiger charge is -2.29. The van der Waals surface area contributed by atoms with Gasteiger partial charge in [-0.25, -0.2) is 0 Å². The van der Waals surface area contributed by atoms with Crippen molar-refractivity contribution in [1.29, 1.82) is 0 Å². The minimum atomic E-state index is -0.312. The molecule has 2 N–H and O–H groups in total. The number of carbonyl (C=O) groups excluding carboxylic acids is 1. The monoisotopic (exact) mass is 326 g/mol. The van der Waals surface area contributed by atoms with Crippen LogP contribution >= 0.6 is 0 Å². The van der Waals surface area contributed by atoms with Crippen LogP contribution in [0.25, 0.3) is 0 Å². The molecule has 2 aromatic rings. The highest BCUT2D eigenvalue weighted by atomic mass is 16.5. The number of hydrogen-bond acceptors (Lipinski definition) is 4. The van der Waals surface area contributed by atoms with E-state index < -0.39 is 0 Å². The second-order valence-corrected chi connectivity index (χ2v) is 6.13. The third-order valence-electron chi connectivity index (χ3n) is 3.97. The first-order valence-corrected chi connectivity index (χ1v) is 8.01. The van der Waals surface area contributed by atoms with E-state index in [0.717, 1.165) is 16.8 Å². The molecule has 0 saturated heterocycles. The molecule has 0 aliphatic carbocycles. The topological polar surface area (TPSA) is 59.6 Å². The van der Waals surface area contributed by atoms with Crippen LogP contribution in [0.5, 0.6) is 11.5 Å². The first-order chi connectivity index (χ1) is 11.5. The first kappa shape index (κ1) is 16.2. The molecular formula is C19H22N2O3. The van der Waals surface area contributed by atoms with Crippen LogP contribution in [0.3, 0.4) is 0 Å². The molecule has 5 nitrogen and oxygen atoms in total. The van der Waals surface area contributed by atoms with Gasteiger partial charge in [0.05, 0.1) is 24.5 Å². The van der Waals surface area contributed by atoms with Gasteiger partial charge in [-0.1, -0.05) is 18.2 Å². The summed E-state index contributed by atoms with van der Waals surface area (Å²) in [4.78, 5) is 12.4. The van der Waals surface area contributed by atoms with Gasteiger partial charge in [-0.05, 0) is 50.1 Å². The highest BCUT2D eigenvalue weighted by Crippen LogP contribution is 2.34. The number of benzene rings is 2. The van der Waals surface area contributed by atoms with Gasteiger partial charge in [-0.2, -0.15) is 0 Å². The Morgan fingerprint density at radius 1 is 1.08 bits per heavy atom. The quantitative estimate of drug-likeness (QED) is 0.900. The SMILES string of the molecule is COc1cc([C@H]2NC(=O)c3cccc(C)c3N2)ccc1OC(C)C. The van der Waals surface area contributed by atoms with Crippen LogP contribution in [0.15, 0.2) is 36.4 Å². The van der Waals surface area contributed by atoms with E-state index in [-0.39, 0.29) is 18.2 Å². The standard InChI is InChI=1S/C19H22N2O3/c1-11(2)24-15-9-8-13(10-16(15)23-4)18-20-17-12(3)6-5-7-14(17)19(22)21-18/h5-11,18,20H,1-4H3,(H,21,22)/t18-/m1/s1. The summed E-state index contributed by atoms with van der Waals surface area (Å²) >= 11 is 0. The summed E-state index contributed by atoms with van der Waals surface area (Å²) in [6.07, 6.45) is -0.250. The normalized spacial score (nSPS) is 16.2. The zero-order valence-electron chi connectivity index (χ0n) is 14.3. The zero-order chi connectivity index (χ0) is 17.3. The van der Waals surface area contributed by atoms with E-state index in [2.05, 4.69) is 10.6 Å². The second kappa shape index (κ2) is 6.43. The fourth-order valence-electron chi connectivity index (χ4n) is 2.82. The number of fused-ring (bicyclic) bond motifs is 1. The highest BCUT2D eigenvalue weighted by molar-refractivity contribution is 6.02. The van der Waals surface area contributed by atoms with E-state index in [1.165, 1.54) is 0 Å². The van der Waals surface area contributed by atoms with Gasteiger partial charge in [0.2, 0.25) is 0 Å². The maximum Gasteiger partial charge on any atom is 0.255 e. The van der Waals surface area contributed by atoms with Crippen molar-refractivity contribution in [1.82, 2.24) is 5.32 Å². The summed E-state index contributed by atoms with van der Waals surface area (Å²) in [7, 11) is 1.61. The number of nitrogens with one attached hydrogen (secondary N) is 2. The number of methoxy groups -OCH3 is 1. The van der Waals surface area contributed by atoms with Gasteiger partial charge in [0.15, 0.2) is 11.5 Å². The van der Waals surface area contributed by atoms with Crippen LogP contribution in [0.1, 0.15) is 41.5 Å². The van der Waals surface area contributed by atoms with Crippen molar-refractivity contribution in [3.05, 3.63) is 53.1 Å². The predicted molar refractivity (Wildman–Crippen MR) is 93.8 cm³/mol. The minimum absolute atomic E-state index is 0.0618. The molecule has 1 amide bonds. The van der Waals surface area contributed by atoms with Crippen LogP contribution in [-0.2, 0) is 0 Å². The van der Waals surface area contributed by atoms with Crippen molar-refractivity contribution < 1.29 is 14.3 Å².